The Morgan fingerprint density at radius 1 is 1.00 bits per heavy atom. The van der Waals surface area contributed by atoms with E-state index in [9.17, 15) is 4.79 Å². The molecular weight excluding hydrogens is 619 g/mol. The standard InChI is InChI=1S/C35H39N5O2S.C4H10O/c1-5-42-31(41)20-27-23(3)18-29-33(32(27)25-10-6-22(2)7-11-25)43-35(36-29)26-12-13-30-28(19-26)34(37-38(30)4)40-16-14-39(15-17-40)21-24-8-9-24;1-4(2,3)5/h6-7,10-13,18-19,24H,5,8-9,14-17,20-21H2,1-4H3;5H,1-3H3. The Labute approximate surface area is 288 Å². The fraction of sp³-hybridized carbons (Fsp3) is 0.462. The van der Waals surface area contributed by atoms with Crippen LogP contribution in [0.25, 0.3) is 42.8 Å². The highest BCUT2D eigenvalue weighted by Crippen LogP contribution is 2.42. The van der Waals surface area contributed by atoms with Gasteiger partial charge in [-0.1, -0.05) is 29.8 Å². The minimum atomic E-state index is -0.500. The molecule has 0 radical (unpaired) electrons. The molecule has 0 amide bonds. The van der Waals surface area contributed by atoms with Gasteiger partial charge in [0.1, 0.15) is 5.01 Å². The number of carbonyl (C=O) groups excluding carboxylic acids is 1. The van der Waals surface area contributed by atoms with Gasteiger partial charge in [-0.15, -0.1) is 11.3 Å². The normalized spacial score (nSPS) is 15.5. The highest BCUT2D eigenvalue weighted by molar-refractivity contribution is 7.22. The van der Waals surface area contributed by atoms with Gasteiger partial charge in [0, 0.05) is 56.3 Å². The molecule has 1 aliphatic heterocycles. The molecule has 3 heterocycles. The largest absolute Gasteiger partial charge is 0.466 e. The van der Waals surface area contributed by atoms with Gasteiger partial charge < -0.3 is 14.7 Å². The van der Waals surface area contributed by atoms with Crippen molar-refractivity contribution in [3.8, 4) is 21.7 Å². The Morgan fingerprint density at radius 3 is 2.31 bits per heavy atom. The van der Waals surface area contributed by atoms with E-state index in [1.807, 2.05) is 18.7 Å². The molecule has 0 bridgehead atoms. The van der Waals surface area contributed by atoms with Crippen molar-refractivity contribution in [3.63, 3.8) is 0 Å². The summed E-state index contributed by atoms with van der Waals surface area (Å²) in [5.41, 5.74) is 8.13. The second-order valence-electron chi connectivity index (χ2n) is 14.3. The summed E-state index contributed by atoms with van der Waals surface area (Å²) in [4.78, 5) is 22.9. The maximum Gasteiger partial charge on any atom is 0.310 e. The molecule has 5 aromatic rings. The van der Waals surface area contributed by atoms with Crippen molar-refractivity contribution in [2.75, 3.05) is 44.2 Å². The van der Waals surface area contributed by atoms with Crippen molar-refractivity contribution in [2.45, 2.75) is 66.4 Å². The second kappa shape index (κ2) is 14.0. The Kier molecular flexibility index (Phi) is 9.93. The maximum absolute atomic E-state index is 12.7. The fourth-order valence-electron chi connectivity index (χ4n) is 6.39. The van der Waals surface area contributed by atoms with Crippen molar-refractivity contribution in [3.05, 3.63) is 65.2 Å². The van der Waals surface area contributed by atoms with Crippen molar-refractivity contribution in [1.29, 1.82) is 0 Å². The molecule has 254 valence electrons. The molecule has 1 saturated carbocycles. The van der Waals surface area contributed by atoms with Gasteiger partial charge >= 0.3 is 5.97 Å². The van der Waals surface area contributed by atoms with Gasteiger partial charge in [0.05, 0.1) is 34.4 Å². The summed E-state index contributed by atoms with van der Waals surface area (Å²) in [6.07, 6.45) is 3.04. The molecule has 48 heavy (non-hydrogen) atoms. The van der Waals surface area contributed by atoms with Crippen LogP contribution >= 0.6 is 11.3 Å². The number of piperazine rings is 1. The van der Waals surface area contributed by atoms with E-state index in [0.29, 0.717) is 6.61 Å². The summed E-state index contributed by atoms with van der Waals surface area (Å²) in [6.45, 7) is 17.1. The zero-order chi connectivity index (χ0) is 34.2. The van der Waals surface area contributed by atoms with Crippen LogP contribution in [0.3, 0.4) is 0 Å². The average Bonchev–Trinajstić information content (AvgIpc) is 3.65. The number of aromatic nitrogens is 3. The monoisotopic (exact) mass is 667 g/mol. The van der Waals surface area contributed by atoms with Crippen LogP contribution in [0.2, 0.25) is 0 Å². The third kappa shape index (κ3) is 7.91. The molecule has 0 atom stereocenters. The van der Waals surface area contributed by atoms with Gasteiger partial charge in [-0.05, 0) is 101 Å². The second-order valence-corrected chi connectivity index (χ2v) is 15.3. The summed E-state index contributed by atoms with van der Waals surface area (Å²) in [5, 5.41) is 15.6. The van der Waals surface area contributed by atoms with E-state index >= 15 is 0 Å². The van der Waals surface area contributed by atoms with E-state index in [2.05, 4.69) is 72.2 Å². The van der Waals surface area contributed by atoms with Crippen molar-refractivity contribution >= 4 is 44.2 Å². The number of rotatable bonds is 8. The van der Waals surface area contributed by atoms with Crippen LogP contribution in [-0.2, 0) is 23.0 Å². The molecule has 8 nitrogen and oxygen atoms in total. The lowest BCUT2D eigenvalue weighted by atomic mass is 9.93. The SMILES string of the molecule is CC(C)(C)O.CCOC(=O)Cc1c(C)cc2nc(-c3ccc4c(c3)c(N3CCN(CC5CC5)CC3)nn4C)sc2c1-c1ccc(C)cc1. The first-order valence-electron chi connectivity index (χ1n) is 17.2. The number of aryl methyl sites for hydroxylation is 3. The highest BCUT2D eigenvalue weighted by atomic mass is 32.1. The molecule has 0 spiro atoms. The number of esters is 1. The molecule has 1 N–H and O–H groups in total. The number of hydrogen-bond donors (Lipinski definition) is 1. The Hall–Kier alpha value is -3.79. The number of benzene rings is 3. The average molecular weight is 668 g/mol. The molecule has 0 unspecified atom stereocenters. The van der Waals surface area contributed by atoms with E-state index in [1.165, 1.54) is 30.3 Å². The number of anilines is 1. The summed E-state index contributed by atoms with van der Waals surface area (Å²) in [6, 6.07) is 17.3. The summed E-state index contributed by atoms with van der Waals surface area (Å²) in [7, 11) is 2.04. The molecule has 7 rings (SSSR count). The summed E-state index contributed by atoms with van der Waals surface area (Å²) < 4.78 is 8.46. The first kappa shape index (κ1) is 34.1. The lowest BCUT2D eigenvalue weighted by Gasteiger charge is -2.35. The van der Waals surface area contributed by atoms with Crippen LogP contribution in [-0.4, -0.2) is 75.7 Å². The summed E-state index contributed by atoms with van der Waals surface area (Å²) in [5.74, 6) is 1.79. The van der Waals surface area contributed by atoms with Crippen molar-refractivity contribution in [2.24, 2.45) is 13.0 Å². The van der Waals surface area contributed by atoms with Gasteiger partial charge in [-0.25, -0.2) is 4.98 Å². The van der Waals surface area contributed by atoms with E-state index in [-0.39, 0.29) is 12.4 Å². The third-order valence-electron chi connectivity index (χ3n) is 8.94. The predicted octanol–water partition coefficient (Wildman–Crippen LogP) is 7.55. The van der Waals surface area contributed by atoms with Crippen LogP contribution in [0, 0.1) is 19.8 Å². The van der Waals surface area contributed by atoms with E-state index < -0.39 is 5.60 Å². The summed E-state index contributed by atoms with van der Waals surface area (Å²) >= 11 is 1.70. The quantitative estimate of drug-likeness (QED) is 0.171. The van der Waals surface area contributed by atoms with E-state index in [0.717, 1.165) is 86.5 Å². The van der Waals surface area contributed by atoms with Crippen LogP contribution in [0.15, 0.2) is 48.5 Å². The number of carbonyl (C=O) groups is 1. The van der Waals surface area contributed by atoms with Crippen molar-refractivity contribution in [1.82, 2.24) is 19.7 Å². The number of nitrogens with zero attached hydrogens (tertiary/aromatic N) is 5. The predicted molar refractivity (Wildman–Crippen MR) is 198 cm³/mol. The topological polar surface area (TPSA) is 83.7 Å². The van der Waals surface area contributed by atoms with Crippen LogP contribution in [0.1, 0.15) is 57.2 Å². The molecule has 2 aromatic heterocycles. The molecule has 3 aromatic carbocycles. The van der Waals surface area contributed by atoms with E-state index in [4.69, 9.17) is 19.9 Å². The van der Waals surface area contributed by atoms with Crippen LogP contribution in [0.5, 0.6) is 0 Å². The van der Waals surface area contributed by atoms with Crippen LogP contribution in [0.4, 0.5) is 5.82 Å². The lowest BCUT2D eigenvalue weighted by molar-refractivity contribution is -0.142. The van der Waals surface area contributed by atoms with Crippen molar-refractivity contribution < 1.29 is 14.6 Å². The Bertz CT molecular complexity index is 1900. The molecule has 2 aliphatic rings. The van der Waals surface area contributed by atoms with Crippen LogP contribution < -0.4 is 4.90 Å². The number of aliphatic hydroxyl groups is 1. The molecule has 9 heteroatoms. The van der Waals surface area contributed by atoms with Gasteiger partial charge in [-0.3, -0.25) is 14.4 Å². The Balaban J connectivity index is 0.000000749. The first-order chi connectivity index (χ1) is 22.9. The number of ether oxygens (including phenoxy) is 1. The van der Waals surface area contributed by atoms with E-state index in [1.54, 1.807) is 32.1 Å². The first-order valence-corrected chi connectivity index (χ1v) is 18.0. The maximum atomic E-state index is 12.7. The lowest BCUT2D eigenvalue weighted by Crippen LogP contribution is -2.47. The zero-order valence-corrected chi connectivity index (χ0v) is 30.3. The number of fused-ring (bicyclic) bond motifs is 2. The molecular formula is C39H49N5O3S. The van der Waals surface area contributed by atoms with Gasteiger partial charge in [-0.2, -0.15) is 5.10 Å². The van der Waals surface area contributed by atoms with Gasteiger partial charge in [0.25, 0.3) is 0 Å². The molecule has 2 fully saturated rings. The van der Waals surface area contributed by atoms with Gasteiger partial charge in [0.2, 0.25) is 0 Å². The fourth-order valence-corrected chi connectivity index (χ4v) is 7.52. The number of thiazole rings is 1. The Morgan fingerprint density at radius 2 is 1.67 bits per heavy atom. The zero-order valence-electron chi connectivity index (χ0n) is 29.5. The highest BCUT2D eigenvalue weighted by Gasteiger charge is 2.28. The third-order valence-corrected chi connectivity index (χ3v) is 10.1. The van der Waals surface area contributed by atoms with Gasteiger partial charge in [0.15, 0.2) is 5.82 Å². The molecule has 1 aliphatic carbocycles. The minimum absolute atomic E-state index is 0.203. The number of hydrogen-bond acceptors (Lipinski definition) is 8. The minimum Gasteiger partial charge on any atom is -0.466 e. The molecule has 1 saturated heterocycles. The smallest absolute Gasteiger partial charge is 0.310 e.